The Morgan fingerprint density at radius 3 is 2.60 bits per heavy atom. The first kappa shape index (κ1) is 15.0. The number of aryl methyl sites for hydroxylation is 1. The van der Waals surface area contributed by atoms with E-state index >= 15 is 0 Å². The Balaban J connectivity index is 2.21. The van der Waals surface area contributed by atoms with Crippen molar-refractivity contribution in [1.82, 2.24) is 14.9 Å². The average molecular weight is 273 g/mol. The van der Waals surface area contributed by atoms with Gasteiger partial charge in [0.2, 0.25) is 0 Å². The first-order chi connectivity index (χ1) is 9.80. The molecular formula is C17H27N3. The maximum absolute atomic E-state index is 4.81. The highest BCUT2D eigenvalue weighted by Crippen LogP contribution is 2.17. The largest absolute Gasteiger partial charge is 0.327 e. The number of nitrogens with zero attached hydrogens (tertiary/aromatic N) is 2. The molecule has 0 aliphatic rings. The number of rotatable bonds is 8. The molecule has 0 spiro atoms. The molecule has 20 heavy (non-hydrogen) atoms. The Morgan fingerprint density at radius 1 is 1.15 bits per heavy atom. The lowest BCUT2D eigenvalue weighted by molar-refractivity contribution is 0.466. The molecule has 0 radical (unpaired) electrons. The second-order valence-electron chi connectivity index (χ2n) is 5.42. The molecule has 0 bridgehead atoms. The molecule has 0 fully saturated rings. The van der Waals surface area contributed by atoms with Crippen LogP contribution >= 0.6 is 0 Å². The Hall–Kier alpha value is -1.35. The lowest BCUT2D eigenvalue weighted by atomic mass is 10.2. The molecule has 3 heteroatoms. The molecule has 0 saturated carbocycles. The monoisotopic (exact) mass is 273 g/mol. The zero-order valence-electron chi connectivity index (χ0n) is 13.0. The van der Waals surface area contributed by atoms with Crippen molar-refractivity contribution in [2.24, 2.45) is 0 Å². The minimum atomic E-state index is 0.592. The van der Waals surface area contributed by atoms with Crippen LogP contribution < -0.4 is 5.32 Å². The van der Waals surface area contributed by atoms with Crippen molar-refractivity contribution < 1.29 is 0 Å². The molecule has 3 nitrogen and oxygen atoms in total. The first-order valence-electron chi connectivity index (χ1n) is 7.97. The maximum atomic E-state index is 4.81. The highest BCUT2D eigenvalue weighted by molar-refractivity contribution is 5.75. The third-order valence-electron chi connectivity index (χ3n) is 4.00. The molecule has 1 N–H and O–H groups in total. The van der Waals surface area contributed by atoms with Gasteiger partial charge in [-0.2, -0.15) is 0 Å². The smallest absolute Gasteiger partial charge is 0.123 e. The zero-order valence-corrected chi connectivity index (χ0v) is 13.0. The van der Waals surface area contributed by atoms with E-state index < -0.39 is 0 Å². The summed E-state index contributed by atoms with van der Waals surface area (Å²) in [7, 11) is 0. The number of para-hydroxylation sites is 2. The number of aromatic nitrogens is 2. The van der Waals surface area contributed by atoms with Crippen molar-refractivity contribution in [1.29, 1.82) is 0 Å². The van der Waals surface area contributed by atoms with Gasteiger partial charge in [-0.1, -0.05) is 39.3 Å². The molecule has 0 atom stereocenters. The predicted octanol–water partition coefficient (Wildman–Crippen LogP) is 4.11. The van der Waals surface area contributed by atoms with E-state index in [2.05, 4.69) is 54.9 Å². The van der Waals surface area contributed by atoms with Gasteiger partial charge in [0.05, 0.1) is 17.6 Å². The Labute approximate surface area is 122 Å². The summed E-state index contributed by atoms with van der Waals surface area (Å²) in [5, 5.41) is 3.63. The molecule has 2 rings (SSSR count). The lowest BCUT2D eigenvalue weighted by Crippen LogP contribution is -2.28. The fourth-order valence-electron chi connectivity index (χ4n) is 2.64. The second-order valence-corrected chi connectivity index (χ2v) is 5.42. The highest BCUT2D eigenvalue weighted by atomic mass is 15.1. The molecule has 1 heterocycles. The number of nitrogens with one attached hydrogen (secondary N) is 1. The van der Waals surface area contributed by atoms with Crippen LogP contribution in [-0.2, 0) is 13.1 Å². The van der Waals surface area contributed by atoms with Crippen molar-refractivity contribution in [2.75, 3.05) is 0 Å². The minimum Gasteiger partial charge on any atom is -0.327 e. The molecule has 1 aromatic heterocycles. The van der Waals surface area contributed by atoms with E-state index in [1.54, 1.807) is 0 Å². The van der Waals surface area contributed by atoms with Gasteiger partial charge in [0.1, 0.15) is 5.82 Å². The predicted molar refractivity (Wildman–Crippen MR) is 85.9 cm³/mol. The van der Waals surface area contributed by atoms with Gasteiger partial charge in [-0.3, -0.25) is 0 Å². The van der Waals surface area contributed by atoms with Crippen molar-refractivity contribution in [3.05, 3.63) is 30.1 Å². The second kappa shape index (κ2) is 7.44. The molecule has 110 valence electrons. The SMILES string of the molecule is CCCCn1c(CNC(CC)CC)nc2ccccc21. The molecular weight excluding hydrogens is 246 g/mol. The van der Waals surface area contributed by atoms with E-state index in [9.17, 15) is 0 Å². The first-order valence-corrected chi connectivity index (χ1v) is 7.97. The van der Waals surface area contributed by atoms with Crippen LogP contribution in [-0.4, -0.2) is 15.6 Å². The number of hydrogen-bond acceptors (Lipinski definition) is 2. The molecule has 0 aliphatic carbocycles. The van der Waals surface area contributed by atoms with Crippen LogP contribution in [0, 0.1) is 0 Å². The van der Waals surface area contributed by atoms with Crippen molar-refractivity contribution >= 4 is 11.0 Å². The van der Waals surface area contributed by atoms with Crippen LogP contribution in [0.15, 0.2) is 24.3 Å². The summed E-state index contributed by atoms with van der Waals surface area (Å²) in [5.41, 5.74) is 2.38. The standard InChI is InChI=1S/C17H27N3/c1-4-7-12-20-16-11-9-8-10-15(16)19-17(20)13-18-14(5-2)6-3/h8-11,14,18H,4-7,12-13H2,1-3H3. The van der Waals surface area contributed by atoms with Crippen molar-refractivity contribution in [2.45, 2.75) is 65.6 Å². The molecule has 2 aromatic rings. The average Bonchev–Trinajstić information content (AvgIpc) is 2.84. The Kier molecular flexibility index (Phi) is 5.60. The number of fused-ring (bicyclic) bond motifs is 1. The summed E-state index contributed by atoms with van der Waals surface area (Å²) in [5.74, 6) is 1.17. The normalized spacial score (nSPS) is 11.6. The van der Waals surface area contributed by atoms with Crippen LogP contribution in [0.2, 0.25) is 0 Å². The molecule has 0 aliphatic heterocycles. The third kappa shape index (κ3) is 3.40. The number of imidazole rings is 1. The Morgan fingerprint density at radius 2 is 1.90 bits per heavy atom. The molecule has 0 amide bonds. The molecule has 1 aromatic carbocycles. The Bertz CT molecular complexity index is 526. The van der Waals surface area contributed by atoms with Crippen LogP contribution in [0.3, 0.4) is 0 Å². The van der Waals surface area contributed by atoms with Crippen LogP contribution in [0.4, 0.5) is 0 Å². The van der Waals surface area contributed by atoms with Gasteiger partial charge in [0.15, 0.2) is 0 Å². The van der Waals surface area contributed by atoms with Gasteiger partial charge in [0.25, 0.3) is 0 Å². The van der Waals surface area contributed by atoms with Gasteiger partial charge in [0, 0.05) is 12.6 Å². The van der Waals surface area contributed by atoms with E-state index in [0.717, 1.165) is 18.6 Å². The number of hydrogen-bond donors (Lipinski definition) is 1. The van der Waals surface area contributed by atoms with Crippen molar-refractivity contribution in [3.63, 3.8) is 0 Å². The maximum Gasteiger partial charge on any atom is 0.123 e. The van der Waals surface area contributed by atoms with E-state index in [0.29, 0.717) is 6.04 Å². The van der Waals surface area contributed by atoms with Gasteiger partial charge >= 0.3 is 0 Å². The summed E-state index contributed by atoms with van der Waals surface area (Å²) in [6, 6.07) is 9.05. The van der Waals surface area contributed by atoms with Gasteiger partial charge in [-0.15, -0.1) is 0 Å². The lowest BCUT2D eigenvalue weighted by Gasteiger charge is -2.15. The summed E-state index contributed by atoms with van der Waals surface area (Å²) in [6.07, 6.45) is 4.77. The number of unbranched alkanes of at least 4 members (excludes halogenated alkanes) is 1. The van der Waals surface area contributed by atoms with Crippen LogP contribution in [0.25, 0.3) is 11.0 Å². The summed E-state index contributed by atoms with van der Waals surface area (Å²) < 4.78 is 2.38. The van der Waals surface area contributed by atoms with E-state index in [4.69, 9.17) is 4.98 Å². The third-order valence-corrected chi connectivity index (χ3v) is 4.00. The zero-order chi connectivity index (χ0) is 14.4. The van der Waals surface area contributed by atoms with E-state index in [-0.39, 0.29) is 0 Å². The van der Waals surface area contributed by atoms with E-state index in [1.165, 1.54) is 37.0 Å². The topological polar surface area (TPSA) is 29.9 Å². The fraction of sp³-hybridized carbons (Fsp3) is 0.588. The molecule has 0 unspecified atom stereocenters. The summed E-state index contributed by atoms with van der Waals surface area (Å²) >= 11 is 0. The van der Waals surface area contributed by atoms with Crippen LogP contribution in [0.5, 0.6) is 0 Å². The van der Waals surface area contributed by atoms with Gasteiger partial charge in [-0.05, 0) is 31.4 Å². The summed E-state index contributed by atoms with van der Waals surface area (Å²) in [4.78, 5) is 4.81. The molecule has 0 saturated heterocycles. The highest BCUT2D eigenvalue weighted by Gasteiger charge is 2.11. The number of benzene rings is 1. The van der Waals surface area contributed by atoms with E-state index in [1.807, 2.05) is 0 Å². The van der Waals surface area contributed by atoms with Gasteiger partial charge < -0.3 is 9.88 Å². The minimum absolute atomic E-state index is 0.592. The summed E-state index contributed by atoms with van der Waals surface area (Å²) in [6.45, 7) is 8.64. The van der Waals surface area contributed by atoms with Gasteiger partial charge in [-0.25, -0.2) is 4.98 Å². The van der Waals surface area contributed by atoms with Crippen LogP contribution in [0.1, 0.15) is 52.3 Å². The quantitative estimate of drug-likeness (QED) is 0.784. The fourth-order valence-corrected chi connectivity index (χ4v) is 2.64. The van der Waals surface area contributed by atoms with Crippen molar-refractivity contribution in [3.8, 4) is 0 Å².